The molecule has 0 aromatic heterocycles. The Kier molecular flexibility index (Phi) is 9.78. The van der Waals surface area contributed by atoms with Crippen molar-refractivity contribution in [2.75, 3.05) is 26.5 Å². The van der Waals surface area contributed by atoms with Crippen molar-refractivity contribution in [3.8, 4) is 11.5 Å². The second kappa shape index (κ2) is 12.8. The van der Waals surface area contributed by atoms with Crippen molar-refractivity contribution < 1.29 is 28.6 Å². The molecule has 0 saturated carbocycles. The van der Waals surface area contributed by atoms with Gasteiger partial charge in [-0.05, 0) is 73.9 Å². The number of nitrogens with two attached hydrogens (primary N) is 1. The number of amides is 1. The van der Waals surface area contributed by atoms with Crippen LogP contribution >= 0.6 is 0 Å². The average Bonchev–Trinajstić information content (AvgIpc) is 2.93. The van der Waals surface area contributed by atoms with Gasteiger partial charge in [0, 0.05) is 17.6 Å². The van der Waals surface area contributed by atoms with Crippen LogP contribution in [0.1, 0.15) is 70.1 Å². The molecule has 1 fully saturated rings. The van der Waals surface area contributed by atoms with Crippen molar-refractivity contribution in [2.45, 2.75) is 71.4 Å². The van der Waals surface area contributed by atoms with Gasteiger partial charge in [-0.2, -0.15) is 0 Å². The fourth-order valence-corrected chi connectivity index (χ4v) is 4.61. The Morgan fingerprint density at radius 2 is 1.79 bits per heavy atom. The van der Waals surface area contributed by atoms with Gasteiger partial charge < -0.3 is 24.8 Å². The highest BCUT2D eigenvalue weighted by Crippen LogP contribution is 2.32. The normalized spacial score (nSPS) is 16.4. The number of esters is 1. The van der Waals surface area contributed by atoms with Crippen molar-refractivity contribution in [1.29, 1.82) is 0 Å². The average molecular weight is 525 g/mol. The van der Waals surface area contributed by atoms with Gasteiger partial charge in [-0.25, -0.2) is 4.79 Å². The quantitative estimate of drug-likeness (QED) is 0.253. The summed E-state index contributed by atoms with van der Waals surface area (Å²) in [5.41, 5.74) is 7.58. The highest BCUT2D eigenvalue weighted by atomic mass is 16.5. The van der Waals surface area contributed by atoms with E-state index in [1.54, 1.807) is 40.2 Å². The molecule has 2 aromatic carbocycles. The molecule has 1 heterocycles. The van der Waals surface area contributed by atoms with Gasteiger partial charge in [0.05, 0.1) is 14.2 Å². The van der Waals surface area contributed by atoms with E-state index in [2.05, 4.69) is 0 Å². The molecule has 0 radical (unpaired) electrons. The lowest BCUT2D eigenvalue weighted by atomic mass is 9.84. The molecule has 2 unspecified atom stereocenters. The SMILES string of the molecule is CCC(C)(C)C(=O)C(=O)N1CCCCC1C(=O)OC(CCc1ccc(OC)c(OC)c1)c1cccc(N)c1. The molecular formula is C30H40N2O6. The van der Waals surface area contributed by atoms with Crippen LogP contribution in [0.15, 0.2) is 42.5 Å². The molecule has 8 nitrogen and oxygen atoms in total. The number of carbonyl (C=O) groups excluding carboxylic acids is 3. The first-order valence-electron chi connectivity index (χ1n) is 13.2. The van der Waals surface area contributed by atoms with Crippen LogP contribution in [0.3, 0.4) is 0 Å². The van der Waals surface area contributed by atoms with Crippen LogP contribution in [0.4, 0.5) is 5.69 Å². The van der Waals surface area contributed by atoms with Gasteiger partial charge in [-0.1, -0.05) is 39.0 Å². The Morgan fingerprint density at radius 1 is 1.05 bits per heavy atom. The Labute approximate surface area is 225 Å². The zero-order valence-electron chi connectivity index (χ0n) is 23.1. The second-order valence-electron chi connectivity index (χ2n) is 10.4. The fraction of sp³-hybridized carbons (Fsp3) is 0.500. The summed E-state index contributed by atoms with van der Waals surface area (Å²) >= 11 is 0. The number of piperidine rings is 1. The van der Waals surface area contributed by atoms with Crippen LogP contribution in [-0.4, -0.2) is 49.4 Å². The van der Waals surface area contributed by atoms with Gasteiger partial charge in [-0.3, -0.25) is 9.59 Å². The van der Waals surface area contributed by atoms with E-state index in [0.29, 0.717) is 49.4 Å². The number of nitrogen functional groups attached to an aromatic ring is 1. The third kappa shape index (κ3) is 6.85. The van der Waals surface area contributed by atoms with Gasteiger partial charge in [-0.15, -0.1) is 0 Å². The van der Waals surface area contributed by atoms with Gasteiger partial charge in [0.15, 0.2) is 11.5 Å². The maximum absolute atomic E-state index is 13.5. The van der Waals surface area contributed by atoms with Gasteiger partial charge >= 0.3 is 5.97 Å². The molecule has 0 aliphatic carbocycles. The van der Waals surface area contributed by atoms with Crippen molar-refractivity contribution in [2.24, 2.45) is 5.41 Å². The van der Waals surface area contributed by atoms with E-state index < -0.39 is 35.2 Å². The first-order valence-corrected chi connectivity index (χ1v) is 13.2. The van der Waals surface area contributed by atoms with Gasteiger partial charge in [0.1, 0.15) is 12.1 Å². The van der Waals surface area contributed by atoms with E-state index in [-0.39, 0.29) is 0 Å². The second-order valence-corrected chi connectivity index (χ2v) is 10.4. The summed E-state index contributed by atoms with van der Waals surface area (Å²) in [6.45, 7) is 5.75. The maximum atomic E-state index is 13.5. The first-order chi connectivity index (χ1) is 18.1. The van der Waals surface area contributed by atoms with E-state index in [4.69, 9.17) is 19.9 Å². The minimum Gasteiger partial charge on any atom is -0.493 e. The number of hydrogen-bond donors (Lipinski definition) is 1. The number of ketones is 1. The Morgan fingerprint density at radius 3 is 2.45 bits per heavy atom. The van der Waals surface area contributed by atoms with Crippen LogP contribution in [-0.2, 0) is 25.5 Å². The molecule has 1 amide bonds. The number of anilines is 1. The highest BCUT2D eigenvalue weighted by Gasteiger charge is 2.41. The zero-order valence-corrected chi connectivity index (χ0v) is 23.1. The number of rotatable bonds is 11. The van der Waals surface area contributed by atoms with Crippen molar-refractivity contribution in [3.63, 3.8) is 0 Å². The molecule has 1 aliphatic heterocycles. The van der Waals surface area contributed by atoms with Crippen LogP contribution in [0.2, 0.25) is 0 Å². The summed E-state index contributed by atoms with van der Waals surface area (Å²) in [6, 6.07) is 12.2. The van der Waals surface area contributed by atoms with Crippen molar-refractivity contribution >= 4 is 23.3 Å². The summed E-state index contributed by atoms with van der Waals surface area (Å²) in [7, 11) is 3.17. The monoisotopic (exact) mass is 524 g/mol. The first kappa shape index (κ1) is 29.0. The third-order valence-corrected chi connectivity index (χ3v) is 7.41. The van der Waals surface area contributed by atoms with E-state index >= 15 is 0 Å². The Hall–Kier alpha value is -3.55. The number of methoxy groups -OCH3 is 2. The largest absolute Gasteiger partial charge is 0.493 e. The number of hydrogen-bond acceptors (Lipinski definition) is 7. The smallest absolute Gasteiger partial charge is 0.329 e. The van der Waals surface area contributed by atoms with Crippen molar-refractivity contribution in [1.82, 2.24) is 4.90 Å². The van der Waals surface area contributed by atoms with Crippen LogP contribution in [0.5, 0.6) is 11.5 Å². The fourth-order valence-electron chi connectivity index (χ4n) is 4.61. The van der Waals surface area contributed by atoms with E-state index in [9.17, 15) is 14.4 Å². The highest BCUT2D eigenvalue weighted by molar-refractivity contribution is 6.38. The zero-order chi connectivity index (χ0) is 27.9. The number of Topliss-reactive ketones (excluding diaryl/α,β-unsaturated/α-hetero) is 1. The van der Waals surface area contributed by atoms with Crippen LogP contribution in [0, 0.1) is 5.41 Å². The molecule has 3 rings (SSSR count). The summed E-state index contributed by atoms with van der Waals surface area (Å²) in [6.07, 6.45) is 3.03. The summed E-state index contributed by atoms with van der Waals surface area (Å²) in [5, 5.41) is 0. The van der Waals surface area contributed by atoms with Crippen LogP contribution < -0.4 is 15.2 Å². The molecule has 38 heavy (non-hydrogen) atoms. The number of aryl methyl sites for hydroxylation is 1. The number of benzene rings is 2. The molecule has 0 bridgehead atoms. The van der Waals surface area contributed by atoms with Gasteiger partial charge in [0.25, 0.3) is 5.91 Å². The maximum Gasteiger partial charge on any atom is 0.329 e. The predicted octanol–water partition coefficient (Wildman–Crippen LogP) is 4.89. The standard InChI is InChI=1S/C30H40N2O6/c1-6-30(2,3)27(33)28(34)32-17-8-7-12-23(32)29(35)38-24(21-10-9-11-22(31)19-21)15-13-20-14-16-25(36-4)26(18-20)37-5/h9-11,14,16,18-19,23-24H,6-8,12-13,15,17,31H2,1-5H3. The molecule has 2 aromatic rings. The molecule has 2 N–H and O–H groups in total. The predicted molar refractivity (Wildman–Crippen MR) is 146 cm³/mol. The third-order valence-electron chi connectivity index (χ3n) is 7.41. The Bertz CT molecular complexity index is 1150. The molecule has 2 atom stereocenters. The van der Waals surface area contributed by atoms with E-state index in [0.717, 1.165) is 24.0 Å². The minimum atomic E-state index is -0.794. The molecular weight excluding hydrogens is 484 g/mol. The molecule has 206 valence electrons. The van der Waals surface area contributed by atoms with E-state index in [1.165, 1.54) is 4.90 Å². The minimum absolute atomic E-state index is 0.360. The summed E-state index contributed by atoms with van der Waals surface area (Å²) in [4.78, 5) is 41.0. The number of ether oxygens (including phenoxy) is 3. The number of nitrogens with zero attached hydrogens (tertiary/aromatic N) is 1. The molecule has 0 spiro atoms. The van der Waals surface area contributed by atoms with Crippen molar-refractivity contribution in [3.05, 3.63) is 53.6 Å². The molecule has 1 aliphatic rings. The van der Waals surface area contributed by atoms with Crippen LogP contribution in [0.25, 0.3) is 0 Å². The lowest BCUT2D eigenvalue weighted by Gasteiger charge is -2.36. The summed E-state index contributed by atoms with van der Waals surface area (Å²) in [5.74, 6) is -0.318. The number of likely N-dealkylation sites (tertiary alicyclic amines) is 1. The Balaban J connectivity index is 1.81. The van der Waals surface area contributed by atoms with E-state index in [1.807, 2.05) is 37.3 Å². The lowest BCUT2D eigenvalue weighted by molar-refractivity contribution is -0.164. The lowest BCUT2D eigenvalue weighted by Crippen LogP contribution is -2.53. The topological polar surface area (TPSA) is 108 Å². The number of carbonyl (C=O) groups is 3. The summed E-state index contributed by atoms with van der Waals surface area (Å²) < 4.78 is 16.8. The van der Waals surface area contributed by atoms with Gasteiger partial charge in [0.2, 0.25) is 5.78 Å². The molecule has 1 saturated heterocycles. The molecule has 8 heteroatoms.